The molecular weight excluding hydrogens is 260 g/mol. The van der Waals surface area contributed by atoms with Gasteiger partial charge >= 0.3 is 0 Å². The number of aromatic nitrogens is 1. The maximum atomic E-state index is 8.93. The van der Waals surface area contributed by atoms with E-state index in [0.29, 0.717) is 22.3 Å². The van der Waals surface area contributed by atoms with E-state index in [0.717, 1.165) is 12.6 Å². The number of hydrogen-bond acceptors (Lipinski definition) is 4. The second kappa shape index (κ2) is 5.36. The molecule has 0 radical (unpaired) electrons. The van der Waals surface area contributed by atoms with Gasteiger partial charge in [0.05, 0.1) is 5.56 Å². The van der Waals surface area contributed by atoms with Crippen molar-refractivity contribution in [2.24, 2.45) is 5.92 Å². The Bertz CT molecular complexity index is 507. The zero-order chi connectivity index (χ0) is 13.2. The lowest BCUT2D eigenvalue weighted by Crippen LogP contribution is -2.25. The molecule has 19 heavy (non-hydrogen) atoms. The minimum absolute atomic E-state index is 0.432. The first-order valence-corrected chi connectivity index (χ1v) is 7.18. The lowest BCUT2D eigenvalue weighted by atomic mass is 10.1. The Morgan fingerprint density at radius 3 is 3.05 bits per heavy atom. The number of nitrogens with one attached hydrogen (secondary N) is 1. The maximum Gasteiger partial charge on any atom is 0.146 e. The fraction of sp³-hybridized carbons (Fsp3) is 0.571. The highest BCUT2D eigenvalue weighted by Gasteiger charge is 2.34. The molecule has 0 spiro atoms. The molecule has 2 fully saturated rings. The summed E-state index contributed by atoms with van der Waals surface area (Å²) in [5.41, 5.74) is 0.477. The van der Waals surface area contributed by atoms with Crippen LogP contribution in [0.4, 0.5) is 5.82 Å². The summed E-state index contributed by atoms with van der Waals surface area (Å²) >= 11 is 6.13. The summed E-state index contributed by atoms with van der Waals surface area (Å²) < 4.78 is 0. The molecule has 1 atom stereocenters. The summed E-state index contributed by atoms with van der Waals surface area (Å²) in [6.45, 7) is 3.27. The number of nitriles is 1. The summed E-state index contributed by atoms with van der Waals surface area (Å²) in [7, 11) is 0. The summed E-state index contributed by atoms with van der Waals surface area (Å²) in [4.78, 5) is 6.80. The fourth-order valence-electron chi connectivity index (χ4n) is 2.69. The van der Waals surface area contributed by atoms with Crippen LogP contribution in [0.2, 0.25) is 5.02 Å². The normalized spacial score (nSPS) is 23.3. The number of anilines is 1. The Balaban J connectivity index is 1.56. The molecule has 4 nitrogen and oxygen atoms in total. The van der Waals surface area contributed by atoms with Crippen molar-refractivity contribution < 1.29 is 0 Å². The molecule has 1 aromatic heterocycles. The maximum absolute atomic E-state index is 8.93. The minimum Gasteiger partial charge on any atom is -0.368 e. The van der Waals surface area contributed by atoms with Gasteiger partial charge in [0.25, 0.3) is 0 Å². The molecule has 1 aliphatic carbocycles. The van der Waals surface area contributed by atoms with Crippen LogP contribution in [0.25, 0.3) is 0 Å². The van der Waals surface area contributed by atoms with Gasteiger partial charge in [-0.05, 0) is 37.8 Å². The molecule has 2 aliphatic rings. The zero-order valence-electron chi connectivity index (χ0n) is 10.8. The summed E-state index contributed by atoms with van der Waals surface area (Å²) in [5.74, 6) is 1.29. The van der Waals surface area contributed by atoms with Crippen molar-refractivity contribution in [3.05, 3.63) is 22.8 Å². The van der Waals surface area contributed by atoms with E-state index in [9.17, 15) is 0 Å². The monoisotopic (exact) mass is 276 g/mol. The van der Waals surface area contributed by atoms with Crippen molar-refractivity contribution in [3.63, 3.8) is 0 Å². The van der Waals surface area contributed by atoms with Crippen molar-refractivity contribution in [1.29, 1.82) is 5.26 Å². The number of hydrogen-bond donors (Lipinski definition) is 1. The van der Waals surface area contributed by atoms with Gasteiger partial charge in [0, 0.05) is 25.3 Å². The molecule has 0 bridgehead atoms. The molecule has 100 valence electrons. The van der Waals surface area contributed by atoms with E-state index in [1.165, 1.54) is 32.4 Å². The third kappa shape index (κ3) is 2.83. The van der Waals surface area contributed by atoms with Gasteiger partial charge in [0.2, 0.25) is 0 Å². The van der Waals surface area contributed by atoms with Crippen LogP contribution in [-0.4, -0.2) is 35.6 Å². The zero-order valence-corrected chi connectivity index (χ0v) is 11.5. The predicted octanol–water partition coefficient (Wildman–Crippen LogP) is 2.50. The third-order valence-electron chi connectivity index (χ3n) is 3.95. The van der Waals surface area contributed by atoms with E-state index in [1.807, 2.05) is 0 Å². The summed E-state index contributed by atoms with van der Waals surface area (Å²) in [5, 5.41) is 12.6. The smallest absolute Gasteiger partial charge is 0.146 e. The van der Waals surface area contributed by atoms with E-state index < -0.39 is 0 Å². The van der Waals surface area contributed by atoms with Gasteiger partial charge in [-0.2, -0.15) is 5.26 Å². The quantitative estimate of drug-likeness (QED) is 0.918. The van der Waals surface area contributed by atoms with E-state index in [4.69, 9.17) is 16.9 Å². The van der Waals surface area contributed by atoms with Gasteiger partial charge in [0.15, 0.2) is 0 Å². The second-order valence-electron chi connectivity index (χ2n) is 5.39. The third-order valence-corrected chi connectivity index (χ3v) is 4.33. The van der Waals surface area contributed by atoms with Crippen LogP contribution in [0.5, 0.6) is 0 Å². The molecule has 1 unspecified atom stereocenters. The predicted molar refractivity (Wildman–Crippen MR) is 75.2 cm³/mol. The number of halogens is 1. The molecule has 1 aliphatic heterocycles. The van der Waals surface area contributed by atoms with Crippen LogP contribution in [0.3, 0.4) is 0 Å². The number of rotatable bonds is 4. The Morgan fingerprint density at radius 1 is 1.47 bits per heavy atom. The highest BCUT2D eigenvalue weighted by atomic mass is 35.5. The molecule has 5 heteroatoms. The minimum atomic E-state index is 0.432. The SMILES string of the molecule is N#Cc1ccnc(NCC2CCN(C3CC3)C2)c1Cl. The van der Waals surface area contributed by atoms with Crippen LogP contribution >= 0.6 is 11.6 Å². The first-order chi connectivity index (χ1) is 9.28. The molecular formula is C14H17ClN4. The van der Waals surface area contributed by atoms with E-state index in [2.05, 4.69) is 21.3 Å². The number of pyridine rings is 1. The van der Waals surface area contributed by atoms with Crippen LogP contribution < -0.4 is 5.32 Å². The van der Waals surface area contributed by atoms with Gasteiger partial charge in [-0.15, -0.1) is 0 Å². The van der Waals surface area contributed by atoms with E-state index >= 15 is 0 Å². The lowest BCUT2D eigenvalue weighted by molar-refractivity contribution is 0.316. The first kappa shape index (κ1) is 12.7. The largest absolute Gasteiger partial charge is 0.368 e. The average molecular weight is 277 g/mol. The van der Waals surface area contributed by atoms with Gasteiger partial charge in [-0.1, -0.05) is 11.6 Å². The Kier molecular flexibility index (Phi) is 3.58. The Hall–Kier alpha value is -1.31. The summed E-state index contributed by atoms with van der Waals surface area (Å²) in [6.07, 6.45) is 5.60. The highest BCUT2D eigenvalue weighted by Crippen LogP contribution is 2.32. The Labute approximate surface area is 118 Å². The number of likely N-dealkylation sites (tertiary alicyclic amines) is 1. The fourth-order valence-corrected chi connectivity index (χ4v) is 2.92. The lowest BCUT2D eigenvalue weighted by Gasteiger charge is -2.15. The topological polar surface area (TPSA) is 52.0 Å². The van der Waals surface area contributed by atoms with Gasteiger partial charge in [-0.25, -0.2) is 4.98 Å². The second-order valence-corrected chi connectivity index (χ2v) is 5.77. The summed E-state index contributed by atoms with van der Waals surface area (Å²) in [6, 6.07) is 4.57. The molecule has 1 saturated heterocycles. The van der Waals surface area contributed by atoms with Crippen molar-refractivity contribution in [3.8, 4) is 6.07 Å². The van der Waals surface area contributed by atoms with Gasteiger partial charge in [-0.3, -0.25) is 0 Å². The van der Waals surface area contributed by atoms with Gasteiger partial charge < -0.3 is 10.2 Å². The van der Waals surface area contributed by atoms with Crippen molar-refractivity contribution >= 4 is 17.4 Å². The standard InChI is InChI=1S/C14H17ClN4/c15-13-11(7-16)3-5-17-14(13)18-8-10-4-6-19(9-10)12-1-2-12/h3,5,10,12H,1-2,4,6,8-9H2,(H,17,18). The average Bonchev–Trinajstić information content (AvgIpc) is 3.17. The Morgan fingerprint density at radius 2 is 2.32 bits per heavy atom. The molecule has 1 saturated carbocycles. The van der Waals surface area contributed by atoms with E-state index in [-0.39, 0.29) is 0 Å². The highest BCUT2D eigenvalue weighted by molar-refractivity contribution is 6.34. The van der Waals surface area contributed by atoms with Crippen LogP contribution in [0.1, 0.15) is 24.8 Å². The van der Waals surface area contributed by atoms with Crippen LogP contribution in [0, 0.1) is 17.2 Å². The van der Waals surface area contributed by atoms with E-state index in [1.54, 1.807) is 12.3 Å². The van der Waals surface area contributed by atoms with Gasteiger partial charge in [0.1, 0.15) is 16.9 Å². The van der Waals surface area contributed by atoms with Crippen LogP contribution in [-0.2, 0) is 0 Å². The van der Waals surface area contributed by atoms with Crippen molar-refractivity contribution in [2.75, 3.05) is 25.0 Å². The number of nitrogens with zero attached hydrogens (tertiary/aromatic N) is 3. The molecule has 3 rings (SSSR count). The molecule has 0 amide bonds. The van der Waals surface area contributed by atoms with Crippen molar-refractivity contribution in [2.45, 2.75) is 25.3 Å². The van der Waals surface area contributed by atoms with Crippen molar-refractivity contribution in [1.82, 2.24) is 9.88 Å². The molecule has 1 N–H and O–H groups in total. The molecule has 1 aromatic rings. The van der Waals surface area contributed by atoms with Crippen LogP contribution in [0.15, 0.2) is 12.3 Å². The first-order valence-electron chi connectivity index (χ1n) is 6.80. The molecule has 0 aromatic carbocycles. The molecule has 2 heterocycles.